The van der Waals surface area contributed by atoms with Crippen LogP contribution < -0.4 is 0 Å². The largest absolute Gasteiger partial charge is 0.368 e. The van der Waals surface area contributed by atoms with Gasteiger partial charge in [-0.3, -0.25) is 0 Å². The zero-order valence-corrected chi connectivity index (χ0v) is 17.4. The van der Waals surface area contributed by atoms with Gasteiger partial charge in [0.15, 0.2) is 18.4 Å². The molecule has 6 nitrogen and oxygen atoms in total. The summed E-state index contributed by atoms with van der Waals surface area (Å²) in [6, 6.07) is 19.9. The minimum atomic E-state index is -0.932. The van der Waals surface area contributed by atoms with Gasteiger partial charge in [-0.1, -0.05) is 60.7 Å². The van der Waals surface area contributed by atoms with E-state index in [1.54, 1.807) is 0 Å². The Labute approximate surface area is 180 Å². The number of ether oxygens (including phenoxy) is 6. The van der Waals surface area contributed by atoms with Crippen molar-refractivity contribution in [1.82, 2.24) is 0 Å². The number of alkyl halides is 1. The predicted octanol–water partition coefficient (Wildman–Crippen LogP) is 3.78. The first-order chi connectivity index (χ1) is 14.6. The summed E-state index contributed by atoms with van der Waals surface area (Å²) in [5, 5.41) is 0. The van der Waals surface area contributed by atoms with Gasteiger partial charge in [-0.25, -0.2) is 0 Å². The topological polar surface area (TPSA) is 55.4 Å². The van der Waals surface area contributed by atoms with Crippen molar-refractivity contribution < 1.29 is 28.4 Å². The SMILES string of the molecule is CC1(CCl)O[C@H]2O[C@@H]3COC(c4ccccc4)O[C@H]3[C@H](OCc3ccccc3)[C@H]2O1. The average molecular weight is 433 g/mol. The second kappa shape index (κ2) is 8.55. The van der Waals surface area contributed by atoms with Gasteiger partial charge in [-0.05, 0) is 12.5 Å². The highest BCUT2D eigenvalue weighted by Crippen LogP contribution is 2.42. The van der Waals surface area contributed by atoms with E-state index in [0.717, 1.165) is 11.1 Å². The van der Waals surface area contributed by atoms with E-state index >= 15 is 0 Å². The first-order valence-electron chi connectivity index (χ1n) is 10.2. The summed E-state index contributed by atoms with van der Waals surface area (Å²) in [5.74, 6) is -0.744. The molecule has 0 aromatic heterocycles. The minimum Gasteiger partial charge on any atom is -0.368 e. The Kier molecular flexibility index (Phi) is 5.82. The van der Waals surface area contributed by atoms with E-state index in [1.807, 2.05) is 67.6 Å². The van der Waals surface area contributed by atoms with Gasteiger partial charge in [0.2, 0.25) is 0 Å². The molecular weight excluding hydrogens is 408 g/mol. The van der Waals surface area contributed by atoms with Crippen molar-refractivity contribution in [2.45, 2.75) is 56.3 Å². The molecule has 7 heteroatoms. The molecule has 3 heterocycles. The number of benzene rings is 2. The molecule has 0 spiro atoms. The maximum absolute atomic E-state index is 6.37. The molecular formula is C23H25ClO6. The van der Waals surface area contributed by atoms with Crippen molar-refractivity contribution >= 4 is 11.6 Å². The van der Waals surface area contributed by atoms with E-state index < -0.39 is 30.6 Å². The third kappa shape index (κ3) is 4.01. The molecule has 0 N–H and O–H groups in total. The van der Waals surface area contributed by atoms with Crippen molar-refractivity contribution in [3.05, 3.63) is 71.8 Å². The fourth-order valence-electron chi connectivity index (χ4n) is 4.13. The standard InChI is InChI=1S/C23H25ClO6/c1-23(14-24)29-20-19(25-12-15-8-4-2-5-9-15)18-17(27-22(20)30-23)13-26-21(28-18)16-10-6-3-7-11-16/h2-11,17-22H,12-14H2,1H3/t17-,18-,19+,20-,21?,22-,23?/m1/s1. The molecule has 3 aliphatic rings. The van der Waals surface area contributed by atoms with Crippen molar-refractivity contribution in [2.75, 3.05) is 12.5 Å². The van der Waals surface area contributed by atoms with E-state index in [1.165, 1.54) is 0 Å². The average Bonchev–Trinajstić information content (AvgIpc) is 3.14. The molecule has 0 amide bonds. The third-order valence-electron chi connectivity index (χ3n) is 5.63. The summed E-state index contributed by atoms with van der Waals surface area (Å²) in [4.78, 5) is 0. The number of hydrogen-bond donors (Lipinski definition) is 0. The maximum Gasteiger partial charge on any atom is 0.190 e. The first-order valence-corrected chi connectivity index (χ1v) is 10.7. The van der Waals surface area contributed by atoms with E-state index in [0.29, 0.717) is 13.2 Å². The number of hydrogen-bond acceptors (Lipinski definition) is 6. The molecule has 3 aliphatic heterocycles. The molecule has 30 heavy (non-hydrogen) atoms. The highest BCUT2D eigenvalue weighted by Gasteiger charge is 2.58. The van der Waals surface area contributed by atoms with Gasteiger partial charge in [0.05, 0.1) is 19.1 Å². The zero-order valence-electron chi connectivity index (χ0n) is 16.7. The lowest BCUT2D eigenvalue weighted by atomic mass is 9.97. The van der Waals surface area contributed by atoms with Crippen molar-refractivity contribution in [3.63, 3.8) is 0 Å². The van der Waals surface area contributed by atoms with Crippen molar-refractivity contribution in [2.24, 2.45) is 0 Å². The fraction of sp³-hybridized carbons (Fsp3) is 0.478. The van der Waals surface area contributed by atoms with E-state index in [2.05, 4.69) is 0 Å². The third-order valence-corrected chi connectivity index (χ3v) is 6.12. The quantitative estimate of drug-likeness (QED) is 0.670. The second-order valence-corrected chi connectivity index (χ2v) is 8.22. The Morgan fingerprint density at radius 2 is 1.70 bits per heavy atom. The lowest BCUT2D eigenvalue weighted by Crippen LogP contribution is -2.61. The van der Waals surface area contributed by atoms with Gasteiger partial charge < -0.3 is 28.4 Å². The summed E-state index contributed by atoms with van der Waals surface area (Å²) < 4.78 is 36.9. The number of halogens is 1. The number of fused-ring (bicyclic) bond motifs is 2. The minimum absolute atomic E-state index is 0.189. The van der Waals surface area contributed by atoms with Crippen LogP contribution in [0.1, 0.15) is 24.3 Å². The van der Waals surface area contributed by atoms with Crippen LogP contribution in [0.4, 0.5) is 0 Å². The Bertz CT molecular complexity index is 836. The zero-order chi connectivity index (χ0) is 20.6. The lowest BCUT2D eigenvalue weighted by molar-refractivity contribution is -0.344. The molecule has 2 aromatic carbocycles. The highest BCUT2D eigenvalue weighted by molar-refractivity contribution is 6.18. The van der Waals surface area contributed by atoms with E-state index in [-0.39, 0.29) is 18.1 Å². The maximum atomic E-state index is 6.37. The fourth-order valence-corrected chi connectivity index (χ4v) is 4.25. The van der Waals surface area contributed by atoms with Crippen LogP contribution in [0, 0.1) is 0 Å². The molecule has 2 aromatic rings. The van der Waals surface area contributed by atoms with Crippen LogP contribution >= 0.6 is 11.6 Å². The Morgan fingerprint density at radius 3 is 2.43 bits per heavy atom. The number of rotatable bonds is 5. The molecule has 2 unspecified atom stereocenters. The highest BCUT2D eigenvalue weighted by atomic mass is 35.5. The van der Waals surface area contributed by atoms with Crippen LogP contribution in [0.15, 0.2) is 60.7 Å². The van der Waals surface area contributed by atoms with E-state index in [4.69, 9.17) is 40.0 Å². The monoisotopic (exact) mass is 432 g/mol. The van der Waals surface area contributed by atoms with Gasteiger partial charge >= 0.3 is 0 Å². The molecule has 0 aliphatic carbocycles. The normalized spacial score (nSPS) is 38.1. The predicted molar refractivity (Wildman–Crippen MR) is 109 cm³/mol. The summed E-state index contributed by atoms with van der Waals surface area (Å²) in [6.07, 6.45) is -2.61. The van der Waals surface area contributed by atoms with E-state index in [9.17, 15) is 0 Å². The molecule has 5 rings (SSSR count). The molecule has 160 valence electrons. The van der Waals surface area contributed by atoms with Gasteiger partial charge in [0.25, 0.3) is 0 Å². The molecule has 3 fully saturated rings. The molecule has 0 bridgehead atoms. The lowest BCUT2D eigenvalue weighted by Gasteiger charge is -2.46. The smallest absolute Gasteiger partial charge is 0.190 e. The van der Waals surface area contributed by atoms with Gasteiger partial charge in [-0.15, -0.1) is 11.6 Å². The van der Waals surface area contributed by atoms with Crippen LogP contribution in [0.5, 0.6) is 0 Å². The Balaban J connectivity index is 1.39. The van der Waals surface area contributed by atoms with Crippen LogP contribution in [-0.2, 0) is 35.0 Å². The summed E-state index contributed by atoms with van der Waals surface area (Å²) in [6.45, 7) is 2.61. The van der Waals surface area contributed by atoms with Gasteiger partial charge in [-0.2, -0.15) is 0 Å². The van der Waals surface area contributed by atoms with Crippen molar-refractivity contribution in [1.29, 1.82) is 0 Å². The molecule has 0 saturated carbocycles. The Hall–Kier alpha value is -1.51. The molecule has 3 saturated heterocycles. The Morgan fingerprint density at radius 1 is 0.967 bits per heavy atom. The summed E-state index contributed by atoms with van der Waals surface area (Å²) in [5.41, 5.74) is 2.02. The molecule has 7 atom stereocenters. The first kappa shape index (κ1) is 20.4. The molecule has 0 radical (unpaired) electrons. The summed E-state index contributed by atoms with van der Waals surface area (Å²) >= 11 is 6.09. The van der Waals surface area contributed by atoms with Gasteiger partial charge in [0, 0.05) is 5.56 Å². The van der Waals surface area contributed by atoms with Crippen LogP contribution in [-0.4, -0.2) is 49.0 Å². The second-order valence-electron chi connectivity index (χ2n) is 7.95. The summed E-state index contributed by atoms with van der Waals surface area (Å²) in [7, 11) is 0. The van der Waals surface area contributed by atoms with Crippen LogP contribution in [0.2, 0.25) is 0 Å². The van der Waals surface area contributed by atoms with Crippen LogP contribution in [0.3, 0.4) is 0 Å². The van der Waals surface area contributed by atoms with Crippen molar-refractivity contribution in [3.8, 4) is 0 Å². The van der Waals surface area contributed by atoms with Crippen LogP contribution in [0.25, 0.3) is 0 Å². The van der Waals surface area contributed by atoms with Gasteiger partial charge in [0.1, 0.15) is 24.4 Å².